The van der Waals surface area contributed by atoms with Crippen LogP contribution in [0, 0.1) is 0 Å². The third-order valence-electron chi connectivity index (χ3n) is 4.61. The Morgan fingerprint density at radius 3 is 2.81 bits per heavy atom. The van der Waals surface area contributed by atoms with Gasteiger partial charge in [-0.3, -0.25) is 9.59 Å². The van der Waals surface area contributed by atoms with Crippen molar-refractivity contribution in [2.24, 2.45) is 0 Å². The molecular formula is C21H29NO4S. The molecule has 6 heteroatoms. The summed E-state index contributed by atoms with van der Waals surface area (Å²) in [5.41, 5.74) is 1.09. The van der Waals surface area contributed by atoms with Crippen LogP contribution < -0.4 is 0 Å². The number of amides is 1. The zero-order valence-electron chi connectivity index (χ0n) is 15.6. The van der Waals surface area contributed by atoms with Crippen LogP contribution in [-0.4, -0.2) is 57.2 Å². The minimum atomic E-state index is -0.763. The Morgan fingerprint density at radius 1 is 1.30 bits per heavy atom. The molecule has 0 saturated carbocycles. The van der Waals surface area contributed by atoms with Crippen molar-refractivity contribution in [3.8, 4) is 0 Å². The Balaban J connectivity index is 1.79. The number of carboxylic acids is 1. The Bertz CT molecular complexity index is 620. The van der Waals surface area contributed by atoms with Crippen molar-refractivity contribution in [2.45, 2.75) is 50.7 Å². The number of carbonyl (C=O) groups is 2. The highest BCUT2D eigenvalue weighted by atomic mass is 32.2. The van der Waals surface area contributed by atoms with Gasteiger partial charge in [-0.25, -0.2) is 0 Å². The second kappa shape index (κ2) is 11.8. The van der Waals surface area contributed by atoms with Gasteiger partial charge in [0, 0.05) is 31.6 Å². The molecule has 5 nitrogen and oxygen atoms in total. The van der Waals surface area contributed by atoms with Crippen LogP contribution in [0.25, 0.3) is 0 Å². The quantitative estimate of drug-likeness (QED) is 0.448. The number of piperidine rings is 1. The van der Waals surface area contributed by atoms with Crippen LogP contribution in [0.1, 0.15) is 37.7 Å². The minimum Gasteiger partial charge on any atom is -0.481 e. The molecule has 1 aromatic carbocycles. The summed E-state index contributed by atoms with van der Waals surface area (Å²) in [6, 6.07) is 9.90. The summed E-state index contributed by atoms with van der Waals surface area (Å²) >= 11 is 1.69. The molecule has 148 valence electrons. The van der Waals surface area contributed by atoms with Gasteiger partial charge in [0.15, 0.2) is 0 Å². The number of rotatable bonds is 11. The summed E-state index contributed by atoms with van der Waals surface area (Å²) < 4.78 is 0. The highest BCUT2D eigenvalue weighted by Gasteiger charge is 2.25. The van der Waals surface area contributed by atoms with Gasteiger partial charge in [-0.2, -0.15) is 11.8 Å². The smallest absolute Gasteiger partial charge is 0.303 e. The van der Waals surface area contributed by atoms with E-state index < -0.39 is 12.1 Å². The average Bonchev–Trinajstić information content (AvgIpc) is 2.65. The van der Waals surface area contributed by atoms with Gasteiger partial charge in [0.2, 0.25) is 5.91 Å². The van der Waals surface area contributed by atoms with E-state index in [9.17, 15) is 14.7 Å². The molecule has 1 heterocycles. The molecule has 27 heavy (non-hydrogen) atoms. The molecule has 2 atom stereocenters. The molecule has 1 amide bonds. The number of carbonyl (C=O) groups excluding carboxylic acids is 1. The number of aliphatic hydroxyl groups is 1. The Kier molecular flexibility index (Phi) is 9.42. The molecule has 0 spiro atoms. The van der Waals surface area contributed by atoms with E-state index in [1.165, 1.54) is 0 Å². The molecule has 1 unspecified atom stereocenters. The summed E-state index contributed by atoms with van der Waals surface area (Å²) in [5, 5.41) is 18.9. The van der Waals surface area contributed by atoms with Crippen LogP contribution in [-0.2, 0) is 16.0 Å². The summed E-state index contributed by atoms with van der Waals surface area (Å²) in [6.07, 6.45) is 7.02. The SMILES string of the molecule is O=C(O)CCCSCCN1C(=O)CCC[C@@H]1/C=C/C(O)Cc1ccccc1. The number of carboxylic acid groups (broad SMARTS) is 1. The molecule has 2 N–H and O–H groups in total. The lowest BCUT2D eigenvalue weighted by Gasteiger charge is -2.34. The summed E-state index contributed by atoms with van der Waals surface area (Å²) in [5.74, 6) is 1.01. The van der Waals surface area contributed by atoms with Gasteiger partial charge in [-0.1, -0.05) is 42.5 Å². The van der Waals surface area contributed by atoms with E-state index in [0.29, 0.717) is 25.8 Å². The fraction of sp³-hybridized carbons (Fsp3) is 0.524. The number of aliphatic hydroxyl groups excluding tert-OH is 1. The van der Waals surface area contributed by atoms with Crippen LogP contribution in [0.3, 0.4) is 0 Å². The van der Waals surface area contributed by atoms with Gasteiger partial charge < -0.3 is 15.1 Å². The van der Waals surface area contributed by atoms with Crippen molar-refractivity contribution in [3.63, 3.8) is 0 Å². The summed E-state index contributed by atoms with van der Waals surface area (Å²) in [7, 11) is 0. The first-order chi connectivity index (χ1) is 13.1. The first-order valence-electron chi connectivity index (χ1n) is 9.55. The van der Waals surface area contributed by atoms with Gasteiger partial charge in [-0.05, 0) is 30.6 Å². The molecule has 0 aliphatic carbocycles. The number of hydrogen-bond donors (Lipinski definition) is 2. The van der Waals surface area contributed by atoms with Crippen molar-refractivity contribution in [3.05, 3.63) is 48.0 Å². The molecule has 1 saturated heterocycles. The average molecular weight is 392 g/mol. The fourth-order valence-corrected chi connectivity index (χ4v) is 4.09. The molecule has 1 aliphatic heterocycles. The zero-order chi connectivity index (χ0) is 19.5. The van der Waals surface area contributed by atoms with Crippen molar-refractivity contribution in [2.75, 3.05) is 18.1 Å². The molecular weight excluding hydrogens is 362 g/mol. The lowest BCUT2D eigenvalue weighted by Crippen LogP contribution is -2.43. The fourth-order valence-electron chi connectivity index (χ4n) is 3.21. The lowest BCUT2D eigenvalue weighted by atomic mass is 10.00. The molecule has 0 bridgehead atoms. The molecule has 0 aromatic heterocycles. The van der Waals surface area contributed by atoms with Crippen molar-refractivity contribution in [1.29, 1.82) is 0 Å². The maximum Gasteiger partial charge on any atom is 0.303 e. The van der Waals surface area contributed by atoms with Gasteiger partial charge in [0.25, 0.3) is 0 Å². The Morgan fingerprint density at radius 2 is 2.07 bits per heavy atom. The third kappa shape index (κ3) is 8.18. The van der Waals surface area contributed by atoms with Gasteiger partial charge in [0.1, 0.15) is 0 Å². The van der Waals surface area contributed by atoms with Crippen molar-refractivity contribution < 1.29 is 19.8 Å². The second-order valence-corrected chi connectivity index (χ2v) is 8.02. The lowest BCUT2D eigenvalue weighted by molar-refractivity contribution is -0.137. The highest BCUT2D eigenvalue weighted by Crippen LogP contribution is 2.20. The molecule has 1 aliphatic rings. The van der Waals surface area contributed by atoms with E-state index in [-0.39, 0.29) is 18.4 Å². The van der Waals surface area contributed by atoms with Crippen LogP contribution >= 0.6 is 11.8 Å². The first-order valence-corrected chi connectivity index (χ1v) is 10.7. The molecule has 0 radical (unpaired) electrons. The number of aliphatic carboxylic acids is 1. The molecule has 1 aromatic rings. The maximum absolute atomic E-state index is 12.3. The van der Waals surface area contributed by atoms with E-state index in [0.717, 1.165) is 29.9 Å². The second-order valence-electron chi connectivity index (χ2n) is 6.80. The Labute approximate surface area is 165 Å². The number of benzene rings is 1. The summed E-state index contributed by atoms with van der Waals surface area (Å²) in [6.45, 7) is 0.667. The van der Waals surface area contributed by atoms with E-state index >= 15 is 0 Å². The van der Waals surface area contributed by atoms with E-state index in [1.54, 1.807) is 11.8 Å². The highest BCUT2D eigenvalue weighted by molar-refractivity contribution is 7.99. The van der Waals surface area contributed by atoms with Crippen LogP contribution in [0.15, 0.2) is 42.5 Å². The van der Waals surface area contributed by atoms with Gasteiger partial charge >= 0.3 is 5.97 Å². The monoisotopic (exact) mass is 391 g/mol. The summed E-state index contributed by atoms with van der Waals surface area (Å²) in [4.78, 5) is 24.7. The minimum absolute atomic E-state index is 0.0382. The van der Waals surface area contributed by atoms with Crippen molar-refractivity contribution in [1.82, 2.24) is 4.90 Å². The number of hydrogen-bond acceptors (Lipinski definition) is 4. The molecule has 1 fully saturated rings. The van der Waals surface area contributed by atoms with Gasteiger partial charge in [0.05, 0.1) is 12.1 Å². The normalized spacial score (nSPS) is 18.8. The maximum atomic E-state index is 12.3. The van der Waals surface area contributed by atoms with E-state index in [4.69, 9.17) is 5.11 Å². The van der Waals surface area contributed by atoms with E-state index in [1.807, 2.05) is 47.4 Å². The van der Waals surface area contributed by atoms with E-state index in [2.05, 4.69) is 0 Å². The van der Waals surface area contributed by atoms with Crippen molar-refractivity contribution >= 4 is 23.6 Å². The third-order valence-corrected chi connectivity index (χ3v) is 5.66. The van der Waals surface area contributed by atoms with Gasteiger partial charge in [-0.15, -0.1) is 0 Å². The first kappa shape index (κ1) is 21.5. The number of thioether (sulfide) groups is 1. The van der Waals surface area contributed by atoms with Crippen LogP contribution in [0.4, 0.5) is 0 Å². The molecule has 2 rings (SSSR count). The Hall–Kier alpha value is -1.79. The predicted molar refractivity (Wildman–Crippen MR) is 109 cm³/mol. The zero-order valence-corrected chi connectivity index (χ0v) is 16.4. The largest absolute Gasteiger partial charge is 0.481 e. The standard InChI is InChI=1S/C21H29NO4S/c23-19(16-17-6-2-1-3-7-17)12-11-18-8-4-9-20(24)22(18)13-15-27-14-5-10-21(25)26/h1-3,6-7,11-12,18-19,23H,4-5,8-10,13-16H2,(H,25,26)/b12-11+/t18-,19?/m1/s1. The van der Waals surface area contributed by atoms with Crippen LogP contribution in [0.5, 0.6) is 0 Å². The number of likely N-dealkylation sites (tertiary alicyclic amines) is 1. The predicted octanol–water partition coefficient (Wildman–Crippen LogP) is 3.13. The topological polar surface area (TPSA) is 77.8 Å². The van der Waals surface area contributed by atoms with Crippen LogP contribution in [0.2, 0.25) is 0 Å². The number of nitrogens with zero attached hydrogens (tertiary/aromatic N) is 1.